The molecule has 3 aromatic rings. The number of piperidine rings is 1. The molecule has 0 aliphatic carbocycles. The van der Waals surface area contributed by atoms with Crippen molar-refractivity contribution in [3.05, 3.63) is 53.9 Å². The molecule has 1 saturated heterocycles. The van der Waals surface area contributed by atoms with Crippen LogP contribution in [0.2, 0.25) is 0 Å². The number of ether oxygens (including phenoxy) is 2. The van der Waals surface area contributed by atoms with Crippen molar-refractivity contribution in [2.24, 2.45) is 5.92 Å². The van der Waals surface area contributed by atoms with Crippen molar-refractivity contribution in [2.45, 2.75) is 19.4 Å². The smallest absolute Gasteiger partial charge is 0.255 e. The largest absolute Gasteiger partial charge is 0.493 e. The van der Waals surface area contributed by atoms with Gasteiger partial charge >= 0.3 is 0 Å². The molecule has 2 heterocycles. The van der Waals surface area contributed by atoms with Crippen LogP contribution < -0.4 is 14.8 Å². The normalized spacial score (nSPS) is 17.1. The lowest BCUT2D eigenvalue weighted by molar-refractivity contribution is 0.0926. The van der Waals surface area contributed by atoms with Crippen LogP contribution in [0, 0.1) is 5.92 Å². The van der Waals surface area contributed by atoms with E-state index in [0.29, 0.717) is 29.5 Å². The van der Waals surface area contributed by atoms with Crippen molar-refractivity contribution >= 4 is 16.9 Å². The molecule has 4 rings (SSSR count). The number of likely N-dealkylation sites (tertiary alicyclic amines) is 1. The highest BCUT2D eigenvalue weighted by atomic mass is 16.5. The van der Waals surface area contributed by atoms with Crippen LogP contribution in [-0.4, -0.2) is 54.6 Å². The molecule has 0 bridgehead atoms. The molecule has 1 fully saturated rings. The monoisotopic (exact) mass is 408 g/mol. The molecule has 2 N–H and O–H groups in total. The Morgan fingerprint density at radius 2 is 2.07 bits per heavy atom. The van der Waals surface area contributed by atoms with E-state index in [4.69, 9.17) is 9.47 Å². The van der Waals surface area contributed by atoms with Crippen LogP contribution in [0.1, 0.15) is 29.0 Å². The van der Waals surface area contributed by atoms with Crippen LogP contribution in [0.4, 0.5) is 0 Å². The summed E-state index contributed by atoms with van der Waals surface area (Å²) in [5, 5.41) is 3.08. The number of nitrogens with one attached hydrogen (secondary N) is 2. The van der Waals surface area contributed by atoms with E-state index in [1.807, 2.05) is 24.3 Å². The number of benzene rings is 2. The van der Waals surface area contributed by atoms with Gasteiger partial charge in [-0.05, 0) is 49.6 Å². The van der Waals surface area contributed by atoms with Crippen LogP contribution in [-0.2, 0) is 6.54 Å². The van der Waals surface area contributed by atoms with E-state index in [0.717, 1.165) is 49.3 Å². The second kappa shape index (κ2) is 9.17. The van der Waals surface area contributed by atoms with E-state index >= 15 is 0 Å². The number of hydrogen-bond donors (Lipinski definition) is 2. The number of aromatic amines is 1. The molecule has 1 amide bonds. The lowest BCUT2D eigenvalue weighted by atomic mass is 9.98. The highest BCUT2D eigenvalue weighted by molar-refractivity contribution is 5.97. The number of hydrogen-bond acceptors (Lipinski definition) is 5. The van der Waals surface area contributed by atoms with Crippen LogP contribution in [0.5, 0.6) is 11.5 Å². The average Bonchev–Trinajstić information content (AvgIpc) is 3.19. The van der Waals surface area contributed by atoms with Crippen molar-refractivity contribution in [3.63, 3.8) is 0 Å². The minimum absolute atomic E-state index is 0.139. The SMILES string of the molecule is COc1cccc(C(=O)NCC2CCCN(Cc3nc4ccccc4[nH]3)C2)c1OC. The third kappa shape index (κ3) is 4.41. The van der Waals surface area contributed by atoms with E-state index in [1.165, 1.54) is 0 Å². The highest BCUT2D eigenvalue weighted by Gasteiger charge is 2.23. The fraction of sp³-hybridized carbons (Fsp3) is 0.391. The second-order valence-electron chi connectivity index (χ2n) is 7.70. The molecule has 2 aromatic carbocycles. The molecule has 1 aliphatic rings. The standard InChI is InChI=1S/C23H28N4O3/c1-29-20-11-5-8-17(22(20)30-2)23(28)24-13-16-7-6-12-27(14-16)15-21-25-18-9-3-4-10-19(18)26-21/h3-5,8-11,16H,6-7,12-15H2,1-2H3,(H,24,28)(H,25,26). The molecule has 158 valence electrons. The Kier molecular flexibility index (Phi) is 6.18. The molecule has 30 heavy (non-hydrogen) atoms. The second-order valence-corrected chi connectivity index (χ2v) is 7.70. The number of fused-ring (bicyclic) bond motifs is 1. The van der Waals surface area contributed by atoms with Crippen LogP contribution >= 0.6 is 0 Å². The quantitative estimate of drug-likeness (QED) is 0.628. The molecule has 7 nitrogen and oxygen atoms in total. The van der Waals surface area contributed by atoms with E-state index in [1.54, 1.807) is 32.4 Å². The summed E-state index contributed by atoms with van der Waals surface area (Å²) in [5.74, 6) is 2.28. The number of carbonyl (C=O) groups excluding carboxylic acids is 1. The predicted octanol–water partition coefficient (Wildman–Crippen LogP) is 3.22. The van der Waals surface area contributed by atoms with Gasteiger partial charge in [0.1, 0.15) is 5.82 Å². The van der Waals surface area contributed by atoms with Gasteiger partial charge in [0, 0.05) is 13.1 Å². The Morgan fingerprint density at radius 3 is 2.87 bits per heavy atom. The first-order chi connectivity index (χ1) is 14.7. The average molecular weight is 409 g/mol. The van der Waals surface area contributed by atoms with Crippen LogP contribution in [0.15, 0.2) is 42.5 Å². The molecule has 0 saturated carbocycles. The highest BCUT2D eigenvalue weighted by Crippen LogP contribution is 2.30. The van der Waals surface area contributed by atoms with Gasteiger partial charge in [0.05, 0.1) is 37.4 Å². The lowest BCUT2D eigenvalue weighted by Crippen LogP contribution is -2.40. The van der Waals surface area contributed by atoms with Crippen molar-refractivity contribution in [1.29, 1.82) is 0 Å². The molecule has 1 atom stereocenters. The fourth-order valence-corrected chi connectivity index (χ4v) is 4.15. The van der Waals surface area contributed by atoms with Crippen LogP contribution in [0.25, 0.3) is 11.0 Å². The van der Waals surface area contributed by atoms with Crippen LogP contribution in [0.3, 0.4) is 0 Å². The Morgan fingerprint density at radius 1 is 1.20 bits per heavy atom. The van der Waals surface area contributed by atoms with Gasteiger partial charge in [-0.1, -0.05) is 18.2 Å². The molecule has 1 aromatic heterocycles. The Bertz CT molecular complexity index is 984. The summed E-state index contributed by atoms with van der Waals surface area (Å²) in [4.78, 5) is 23.2. The van der Waals surface area contributed by atoms with E-state index in [-0.39, 0.29) is 5.91 Å². The van der Waals surface area contributed by atoms with Crippen molar-refractivity contribution < 1.29 is 14.3 Å². The Labute approximate surface area is 176 Å². The number of aromatic nitrogens is 2. The van der Waals surface area contributed by atoms with Crippen molar-refractivity contribution in [1.82, 2.24) is 20.2 Å². The third-order valence-electron chi connectivity index (χ3n) is 5.61. The Balaban J connectivity index is 1.34. The summed E-state index contributed by atoms with van der Waals surface area (Å²) in [6, 6.07) is 13.4. The maximum atomic E-state index is 12.7. The summed E-state index contributed by atoms with van der Waals surface area (Å²) in [6.45, 7) is 3.41. The molecule has 1 unspecified atom stereocenters. The molecular weight excluding hydrogens is 380 g/mol. The first kappa shape index (κ1) is 20.2. The zero-order valence-electron chi connectivity index (χ0n) is 17.5. The third-order valence-corrected chi connectivity index (χ3v) is 5.61. The molecule has 0 spiro atoms. The first-order valence-corrected chi connectivity index (χ1v) is 10.3. The van der Waals surface area contributed by atoms with Crippen molar-refractivity contribution in [2.75, 3.05) is 33.9 Å². The molecule has 0 radical (unpaired) electrons. The number of nitrogens with zero attached hydrogens (tertiary/aromatic N) is 2. The van der Waals surface area contributed by atoms with Gasteiger partial charge in [-0.3, -0.25) is 9.69 Å². The number of methoxy groups -OCH3 is 2. The summed E-state index contributed by atoms with van der Waals surface area (Å²) < 4.78 is 10.7. The number of imidazole rings is 1. The van der Waals surface area contributed by atoms with E-state index in [2.05, 4.69) is 20.2 Å². The molecule has 1 aliphatic heterocycles. The van der Waals surface area contributed by atoms with Gasteiger partial charge in [0.15, 0.2) is 11.5 Å². The zero-order chi connectivity index (χ0) is 20.9. The molecule has 7 heteroatoms. The van der Waals surface area contributed by atoms with E-state index in [9.17, 15) is 4.79 Å². The van der Waals surface area contributed by atoms with Gasteiger partial charge in [-0.15, -0.1) is 0 Å². The number of para-hydroxylation sites is 3. The number of amides is 1. The van der Waals surface area contributed by atoms with E-state index < -0.39 is 0 Å². The number of rotatable bonds is 7. The molecular formula is C23H28N4O3. The zero-order valence-corrected chi connectivity index (χ0v) is 17.5. The summed E-state index contributed by atoms with van der Waals surface area (Å²) in [5.41, 5.74) is 2.56. The summed E-state index contributed by atoms with van der Waals surface area (Å²) in [6.07, 6.45) is 2.22. The number of carbonyl (C=O) groups is 1. The van der Waals surface area contributed by atoms with Crippen molar-refractivity contribution in [3.8, 4) is 11.5 Å². The number of H-pyrrole nitrogens is 1. The van der Waals surface area contributed by atoms with Gasteiger partial charge in [0.2, 0.25) is 0 Å². The fourth-order valence-electron chi connectivity index (χ4n) is 4.15. The summed E-state index contributed by atoms with van der Waals surface area (Å²) >= 11 is 0. The lowest BCUT2D eigenvalue weighted by Gasteiger charge is -2.32. The minimum atomic E-state index is -0.139. The Hall–Kier alpha value is -3.06. The first-order valence-electron chi connectivity index (χ1n) is 10.3. The maximum Gasteiger partial charge on any atom is 0.255 e. The maximum absolute atomic E-state index is 12.7. The summed E-state index contributed by atoms with van der Waals surface area (Å²) in [7, 11) is 3.11. The van der Waals surface area contributed by atoms with Gasteiger partial charge in [-0.25, -0.2) is 4.98 Å². The minimum Gasteiger partial charge on any atom is -0.493 e. The van der Waals surface area contributed by atoms with Gasteiger partial charge < -0.3 is 19.8 Å². The topological polar surface area (TPSA) is 79.5 Å². The van der Waals surface area contributed by atoms with Gasteiger partial charge in [-0.2, -0.15) is 0 Å². The van der Waals surface area contributed by atoms with Gasteiger partial charge in [0.25, 0.3) is 5.91 Å². The predicted molar refractivity (Wildman–Crippen MR) is 116 cm³/mol.